The lowest BCUT2D eigenvalue weighted by Gasteiger charge is -2.27. The van der Waals surface area contributed by atoms with Gasteiger partial charge in [-0.05, 0) is 31.2 Å². The van der Waals surface area contributed by atoms with Gasteiger partial charge in [0.25, 0.3) is 5.91 Å². The average molecular weight is 397 g/mol. The van der Waals surface area contributed by atoms with Gasteiger partial charge in [0.1, 0.15) is 11.7 Å². The second-order valence-corrected chi connectivity index (χ2v) is 6.15. The maximum atomic E-state index is 12.6. The minimum Gasteiger partial charge on any atom is -0.465 e. The van der Waals surface area contributed by atoms with Gasteiger partial charge in [0.2, 0.25) is 0 Å². The fourth-order valence-corrected chi connectivity index (χ4v) is 3.04. The first-order chi connectivity index (χ1) is 13.9. The number of carbonyl (C=O) groups is 4. The van der Waals surface area contributed by atoms with Gasteiger partial charge in [0.05, 0.1) is 31.2 Å². The largest absolute Gasteiger partial charge is 0.465 e. The van der Waals surface area contributed by atoms with Crippen LogP contribution in [0.1, 0.15) is 6.92 Å². The highest BCUT2D eigenvalue weighted by Gasteiger charge is 2.39. The first-order valence-electron chi connectivity index (χ1n) is 8.69. The van der Waals surface area contributed by atoms with Gasteiger partial charge in [-0.25, -0.2) is 19.3 Å². The zero-order chi connectivity index (χ0) is 21.1. The molecule has 2 aliphatic rings. The lowest BCUT2D eigenvalue weighted by molar-refractivity contribution is -0.139. The third kappa shape index (κ3) is 3.49. The molecule has 29 heavy (non-hydrogen) atoms. The highest BCUT2D eigenvalue weighted by atomic mass is 16.5. The van der Waals surface area contributed by atoms with Crippen molar-refractivity contribution in [3.63, 3.8) is 0 Å². The molecule has 9 heteroatoms. The Kier molecular flexibility index (Phi) is 5.49. The van der Waals surface area contributed by atoms with E-state index in [1.165, 1.54) is 31.4 Å². The van der Waals surface area contributed by atoms with E-state index < -0.39 is 29.9 Å². The number of ether oxygens (including phenoxy) is 2. The maximum Gasteiger partial charge on any atom is 0.355 e. The van der Waals surface area contributed by atoms with Crippen molar-refractivity contribution in [2.45, 2.75) is 13.0 Å². The third-order valence-electron chi connectivity index (χ3n) is 4.41. The SMILES string of the molecule is COC(=O)C1=C(C(=O)OC)N(c2ccccc2N2C(=O)NC(C)C2=O)C=CC=C1. The van der Waals surface area contributed by atoms with Crippen molar-refractivity contribution in [2.75, 3.05) is 24.0 Å². The Balaban J connectivity index is 2.22. The van der Waals surface area contributed by atoms with E-state index in [0.29, 0.717) is 5.69 Å². The molecule has 9 nitrogen and oxygen atoms in total. The topological polar surface area (TPSA) is 105 Å². The number of urea groups is 1. The quantitative estimate of drug-likeness (QED) is 0.608. The minimum atomic E-state index is -0.790. The van der Waals surface area contributed by atoms with Crippen LogP contribution in [0.25, 0.3) is 0 Å². The molecular formula is C20H19N3O6. The monoisotopic (exact) mass is 397 g/mol. The number of carbonyl (C=O) groups excluding carboxylic acids is 4. The van der Waals surface area contributed by atoms with Crippen LogP contribution in [0.5, 0.6) is 0 Å². The van der Waals surface area contributed by atoms with Crippen LogP contribution in [0.3, 0.4) is 0 Å². The lowest BCUT2D eigenvalue weighted by atomic mass is 10.1. The number of hydrogen-bond acceptors (Lipinski definition) is 7. The van der Waals surface area contributed by atoms with Crippen LogP contribution >= 0.6 is 0 Å². The predicted molar refractivity (Wildman–Crippen MR) is 104 cm³/mol. The second-order valence-electron chi connectivity index (χ2n) is 6.15. The molecule has 3 amide bonds. The van der Waals surface area contributed by atoms with Crippen LogP contribution in [-0.2, 0) is 23.9 Å². The number of allylic oxidation sites excluding steroid dienone is 2. The van der Waals surface area contributed by atoms with Gasteiger partial charge in [0, 0.05) is 6.20 Å². The summed E-state index contributed by atoms with van der Waals surface area (Å²) >= 11 is 0. The number of imide groups is 1. The van der Waals surface area contributed by atoms with Crippen molar-refractivity contribution >= 4 is 35.3 Å². The number of para-hydroxylation sites is 2. The molecule has 1 N–H and O–H groups in total. The van der Waals surface area contributed by atoms with Crippen molar-refractivity contribution < 1.29 is 28.7 Å². The van der Waals surface area contributed by atoms with Gasteiger partial charge >= 0.3 is 18.0 Å². The molecule has 1 aromatic rings. The number of nitrogens with zero attached hydrogens (tertiary/aromatic N) is 2. The number of nitrogens with one attached hydrogen (secondary N) is 1. The summed E-state index contributed by atoms with van der Waals surface area (Å²) in [5.41, 5.74) is 0.421. The molecule has 1 unspecified atom stereocenters. The summed E-state index contributed by atoms with van der Waals surface area (Å²) in [5.74, 6) is -1.96. The second kappa shape index (κ2) is 8.01. The van der Waals surface area contributed by atoms with E-state index in [1.54, 1.807) is 43.3 Å². The number of esters is 2. The minimum absolute atomic E-state index is 0.0373. The Morgan fingerprint density at radius 1 is 1.00 bits per heavy atom. The van der Waals surface area contributed by atoms with Crippen molar-refractivity contribution in [1.29, 1.82) is 0 Å². The summed E-state index contributed by atoms with van der Waals surface area (Å²) in [4.78, 5) is 52.2. The molecule has 150 valence electrons. The number of methoxy groups -OCH3 is 2. The molecule has 0 aromatic heterocycles. The molecule has 1 fully saturated rings. The smallest absolute Gasteiger partial charge is 0.355 e. The van der Waals surface area contributed by atoms with Crippen molar-refractivity contribution in [2.24, 2.45) is 0 Å². The van der Waals surface area contributed by atoms with Crippen LogP contribution in [0.2, 0.25) is 0 Å². The van der Waals surface area contributed by atoms with E-state index in [0.717, 1.165) is 4.90 Å². The Morgan fingerprint density at radius 3 is 2.24 bits per heavy atom. The maximum absolute atomic E-state index is 12.6. The molecule has 0 aliphatic carbocycles. The molecule has 1 atom stereocenters. The molecule has 1 aromatic carbocycles. The summed E-state index contributed by atoms with van der Waals surface area (Å²) < 4.78 is 9.67. The summed E-state index contributed by atoms with van der Waals surface area (Å²) in [6.45, 7) is 1.58. The molecule has 3 rings (SSSR count). The number of anilines is 2. The van der Waals surface area contributed by atoms with E-state index in [1.807, 2.05) is 0 Å². The molecular weight excluding hydrogens is 378 g/mol. The van der Waals surface area contributed by atoms with E-state index in [-0.39, 0.29) is 17.0 Å². The first-order valence-corrected chi connectivity index (χ1v) is 8.69. The van der Waals surface area contributed by atoms with Gasteiger partial charge in [-0.2, -0.15) is 0 Å². The molecule has 2 aliphatic heterocycles. The standard InChI is InChI=1S/C20H19N3O6/c1-12-17(24)23(20(27)21-12)15-10-5-4-9-14(15)22-11-7-6-8-13(18(25)28-2)16(22)19(26)29-3/h4-12H,1-3H3,(H,21,27). The van der Waals surface area contributed by atoms with Gasteiger partial charge in [-0.15, -0.1) is 0 Å². The molecule has 0 spiro atoms. The normalized spacial score (nSPS) is 18.7. The molecule has 1 saturated heterocycles. The summed E-state index contributed by atoms with van der Waals surface area (Å²) in [7, 11) is 2.38. The fraction of sp³-hybridized carbons (Fsp3) is 0.200. The molecule has 0 radical (unpaired) electrons. The zero-order valence-electron chi connectivity index (χ0n) is 16.0. The lowest BCUT2D eigenvalue weighted by Crippen LogP contribution is -2.34. The summed E-state index contributed by atoms with van der Waals surface area (Å²) in [6, 6.07) is 5.27. The number of amides is 3. The third-order valence-corrected chi connectivity index (χ3v) is 4.41. The number of benzene rings is 1. The van der Waals surface area contributed by atoms with Crippen molar-refractivity contribution in [1.82, 2.24) is 5.32 Å². The van der Waals surface area contributed by atoms with Gasteiger partial charge in [-0.3, -0.25) is 4.79 Å². The highest BCUT2D eigenvalue weighted by molar-refractivity contribution is 6.23. The summed E-state index contributed by atoms with van der Waals surface area (Å²) in [5, 5.41) is 2.55. The van der Waals surface area contributed by atoms with Crippen LogP contribution in [-0.4, -0.2) is 44.1 Å². The predicted octanol–water partition coefficient (Wildman–Crippen LogP) is 1.62. The van der Waals surface area contributed by atoms with E-state index in [2.05, 4.69) is 5.32 Å². The zero-order valence-corrected chi connectivity index (χ0v) is 16.0. The van der Waals surface area contributed by atoms with Crippen LogP contribution in [0, 0.1) is 0 Å². The Labute approximate surface area is 166 Å². The average Bonchev–Trinajstić information content (AvgIpc) is 2.89. The summed E-state index contributed by atoms with van der Waals surface area (Å²) in [6.07, 6.45) is 6.12. The van der Waals surface area contributed by atoms with E-state index in [4.69, 9.17) is 9.47 Å². The van der Waals surface area contributed by atoms with Crippen LogP contribution < -0.4 is 15.1 Å². The Bertz CT molecular complexity index is 978. The highest BCUT2D eigenvalue weighted by Crippen LogP contribution is 2.35. The van der Waals surface area contributed by atoms with Gasteiger partial charge in [0.15, 0.2) is 0 Å². The van der Waals surface area contributed by atoms with Gasteiger partial charge in [-0.1, -0.05) is 18.2 Å². The van der Waals surface area contributed by atoms with Crippen LogP contribution in [0.4, 0.5) is 16.2 Å². The first kappa shape index (κ1) is 19.9. The number of hydrogen-bond donors (Lipinski definition) is 1. The molecule has 0 saturated carbocycles. The molecule has 2 heterocycles. The fourth-order valence-electron chi connectivity index (χ4n) is 3.04. The van der Waals surface area contributed by atoms with Crippen molar-refractivity contribution in [3.8, 4) is 0 Å². The van der Waals surface area contributed by atoms with Crippen LogP contribution in [0.15, 0.2) is 60.0 Å². The van der Waals surface area contributed by atoms with E-state index in [9.17, 15) is 19.2 Å². The van der Waals surface area contributed by atoms with Crippen molar-refractivity contribution in [3.05, 3.63) is 60.0 Å². The van der Waals surface area contributed by atoms with Gasteiger partial charge < -0.3 is 19.7 Å². The Hall–Kier alpha value is -3.88. The number of rotatable bonds is 4. The van der Waals surface area contributed by atoms with E-state index >= 15 is 0 Å². The molecule has 0 bridgehead atoms. The Morgan fingerprint density at radius 2 is 1.66 bits per heavy atom.